The predicted octanol–water partition coefficient (Wildman–Crippen LogP) is 3.28. The quantitative estimate of drug-likeness (QED) is 0.788. The monoisotopic (exact) mass is 272 g/mol. The Morgan fingerprint density at radius 1 is 1.36 bits per heavy atom. The van der Waals surface area contributed by atoms with Gasteiger partial charge >= 0.3 is 0 Å². The second-order valence-corrected chi connectivity index (χ2v) is 3.67. The van der Waals surface area contributed by atoms with Crippen molar-refractivity contribution in [3.8, 4) is 11.4 Å². The molecule has 3 nitrogen and oxygen atoms in total. The van der Waals surface area contributed by atoms with Crippen molar-refractivity contribution in [2.45, 2.75) is 5.33 Å². The number of hydrogen-bond acceptors (Lipinski definition) is 3. The lowest BCUT2D eigenvalue weighted by atomic mass is 10.2. The van der Waals surface area contributed by atoms with E-state index in [9.17, 15) is 0 Å². The molecule has 0 saturated heterocycles. The van der Waals surface area contributed by atoms with E-state index in [0.717, 1.165) is 17.1 Å². The lowest BCUT2D eigenvalue weighted by Crippen LogP contribution is -1.81. The normalized spacial score (nSPS) is 10.4. The van der Waals surface area contributed by atoms with Gasteiger partial charge in [-0.05, 0) is 12.1 Å². The smallest absolute Gasteiger partial charge is 0.147 e. The molecule has 0 bridgehead atoms. The van der Waals surface area contributed by atoms with Crippen LogP contribution < -0.4 is 0 Å². The first-order chi connectivity index (χ1) is 6.79. The van der Waals surface area contributed by atoms with Gasteiger partial charge in [0.1, 0.15) is 11.5 Å². The van der Waals surface area contributed by atoms with Crippen LogP contribution in [-0.2, 0) is 5.33 Å². The van der Waals surface area contributed by atoms with Crippen LogP contribution in [0.5, 0.6) is 0 Å². The largest absolute Gasteiger partial charge is 0.360 e. The standard InChI is InChI=1S/C9H6BrClN2O/c10-4-7-3-9(13-14-7)8-2-1-6(11)5-12-8/h1-3,5H,4H2. The minimum atomic E-state index is 0.609. The van der Waals surface area contributed by atoms with Crippen molar-refractivity contribution < 1.29 is 4.52 Å². The minimum Gasteiger partial charge on any atom is -0.360 e. The van der Waals surface area contributed by atoms with E-state index in [1.807, 2.05) is 6.07 Å². The molecule has 0 atom stereocenters. The number of hydrogen-bond donors (Lipinski definition) is 0. The molecule has 0 aromatic carbocycles. The summed E-state index contributed by atoms with van der Waals surface area (Å²) in [5, 5.41) is 5.13. The average Bonchev–Trinajstić information content (AvgIpc) is 2.67. The highest BCUT2D eigenvalue weighted by Gasteiger charge is 2.06. The van der Waals surface area contributed by atoms with E-state index >= 15 is 0 Å². The highest BCUT2D eigenvalue weighted by Crippen LogP contribution is 2.19. The molecule has 0 radical (unpaired) electrons. The van der Waals surface area contributed by atoms with Crippen molar-refractivity contribution in [3.63, 3.8) is 0 Å². The molecule has 0 spiro atoms. The predicted molar refractivity (Wildman–Crippen MR) is 57.4 cm³/mol. The van der Waals surface area contributed by atoms with Gasteiger partial charge in [0.05, 0.1) is 16.0 Å². The minimum absolute atomic E-state index is 0.609. The summed E-state index contributed by atoms with van der Waals surface area (Å²) in [5.41, 5.74) is 1.47. The Morgan fingerprint density at radius 2 is 2.21 bits per heavy atom. The third-order valence-corrected chi connectivity index (χ3v) is 2.46. The number of aromatic nitrogens is 2. The summed E-state index contributed by atoms with van der Waals surface area (Å²) in [4.78, 5) is 4.13. The lowest BCUT2D eigenvalue weighted by Gasteiger charge is -1.92. The molecule has 2 heterocycles. The molecule has 0 amide bonds. The van der Waals surface area contributed by atoms with Crippen molar-refractivity contribution in [2.75, 3.05) is 0 Å². The molecule has 2 aromatic heterocycles. The molecule has 0 N–H and O–H groups in total. The second-order valence-electron chi connectivity index (χ2n) is 2.67. The number of nitrogens with zero attached hydrogens (tertiary/aromatic N) is 2. The van der Waals surface area contributed by atoms with Gasteiger partial charge in [0, 0.05) is 12.3 Å². The molecule has 2 rings (SSSR count). The first-order valence-corrected chi connectivity index (χ1v) is 5.43. The van der Waals surface area contributed by atoms with E-state index in [1.165, 1.54) is 0 Å². The number of rotatable bonds is 2. The summed E-state index contributed by atoms with van der Waals surface area (Å²) < 4.78 is 5.03. The Labute approximate surface area is 94.2 Å². The molecule has 72 valence electrons. The highest BCUT2D eigenvalue weighted by atomic mass is 79.9. The summed E-state index contributed by atoms with van der Waals surface area (Å²) in [5.74, 6) is 0.775. The molecule has 0 aliphatic heterocycles. The zero-order valence-corrected chi connectivity index (χ0v) is 9.42. The fraction of sp³-hybridized carbons (Fsp3) is 0.111. The van der Waals surface area contributed by atoms with Crippen molar-refractivity contribution in [1.82, 2.24) is 10.1 Å². The molecule has 5 heteroatoms. The van der Waals surface area contributed by atoms with E-state index in [-0.39, 0.29) is 0 Å². The van der Waals surface area contributed by atoms with E-state index < -0.39 is 0 Å². The van der Waals surface area contributed by atoms with Crippen LogP contribution in [-0.4, -0.2) is 10.1 Å². The van der Waals surface area contributed by atoms with Crippen molar-refractivity contribution in [2.24, 2.45) is 0 Å². The number of pyridine rings is 1. The van der Waals surface area contributed by atoms with Gasteiger partial charge in [0.15, 0.2) is 0 Å². The maximum atomic E-state index is 5.72. The average molecular weight is 274 g/mol. The molecular weight excluding hydrogens is 267 g/mol. The summed E-state index contributed by atoms with van der Waals surface area (Å²) in [6.07, 6.45) is 1.58. The molecule has 0 saturated carbocycles. The zero-order valence-electron chi connectivity index (χ0n) is 7.08. The van der Waals surface area contributed by atoms with Gasteiger partial charge in [-0.2, -0.15) is 0 Å². The number of alkyl halides is 1. The molecule has 14 heavy (non-hydrogen) atoms. The van der Waals surface area contributed by atoms with Crippen LogP contribution in [0.3, 0.4) is 0 Å². The Kier molecular flexibility index (Phi) is 2.84. The number of halogens is 2. The van der Waals surface area contributed by atoms with Crippen LogP contribution in [0.15, 0.2) is 28.9 Å². The van der Waals surface area contributed by atoms with E-state index in [4.69, 9.17) is 16.1 Å². The molecule has 0 fully saturated rings. The third kappa shape index (κ3) is 1.96. The highest BCUT2D eigenvalue weighted by molar-refractivity contribution is 9.08. The summed E-state index contributed by atoms with van der Waals surface area (Å²) in [7, 11) is 0. The summed E-state index contributed by atoms with van der Waals surface area (Å²) >= 11 is 9.00. The molecule has 0 aliphatic carbocycles. The first-order valence-electron chi connectivity index (χ1n) is 3.93. The van der Waals surface area contributed by atoms with Gasteiger partial charge in [-0.1, -0.05) is 32.7 Å². The SMILES string of the molecule is Clc1ccc(-c2cc(CBr)on2)nc1. The fourth-order valence-electron chi connectivity index (χ4n) is 1.02. The Bertz CT molecular complexity index is 427. The topological polar surface area (TPSA) is 38.9 Å². The van der Waals surface area contributed by atoms with Gasteiger partial charge < -0.3 is 4.52 Å². The second kappa shape index (κ2) is 4.11. The van der Waals surface area contributed by atoms with Crippen LogP contribution in [0.25, 0.3) is 11.4 Å². The Hall–Kier alpha value is -0.870. The van der Waals surface area contributed by atoms with Gasteiger partial charge in [0.25, 0.3) is 0 Å². The van der Waals surface area contributed by atoms with Gasteiger partial charge in [-0.15, -0.1) is 0 Å². The molecular formula is C9H6BrClN2O. The maximum Gasteiger partial charge on any atom is 0.147 e. The van der Waals surface area contributed by atoms with Gasteiger partial charge in [-0.25, -0.2) is 0 Å². The maximum absolute atomic E-state index is 5.72. The molecule has 0 unspecified atom stereocenters. The van der Waals surface area contributed by atoms with Crippen LogP contribution in [0.2, 0.25) is 5.02 Å². The van der Waals surface area contributed by atoms with Crippen LogP contribution in [0.1, 0.15) is 5.76 Å². The van der Waals surface area contributed by atoms with E-state index in [2.05, 4.69) is 26.1 Å². The summed E-state index contributed by atoms with van der Waals surface area (Å²) in [6.45, 7) is 0. The van der Waals surface area contributed by atoms with Crippen molar-refractivity contribution in [3.05, 3.63) is 35.2 Å². The fourth-order valence-corrected chi connectivity index (χ4v) is 1.40. The Morgan fingerprint density at radius 3 is 2.79 bits per heavy atom. The Balaban J connectivity index is 2.34. The molecule has 2 aromatic rings. The molecule has 0 aliphatic rings. The summed E-state index contributed by atoms with van der Waals surface area (Å²) in [6, 6.07) is 5.41. The zero-order chi connectivity index (χ0) is 9.97. The van der Waals surface area contributed by atoms with Crippen molar-refractivity contribution >= 4 is 27.5 Å². The van der Waals surface area contributed by atoms with E-state index in [0.29, 0.717) is 10.4 Å². The first kappa shape index (κ1) is 9.68. The van der Waals surface area contributed by atoms with Crippen molar-refractivity contribution in [1.29, 1.82) is 0 Å². The van der Waals surface area contributed by atoms with Crippen LogP contribution in [0.4, 0.5) is 0 Å². The lowest BCUT2D eigenvalue weighted by molar-refractivity contribution is 0.397. The third-order valence-electron chi connectivity index (χ3n) is 1.68. The van der Waals surface area contributed by atoms with Gasteiger partial charge in [0.2, 0.25) is 0 Å². The van der Waals surface area contributed by atoms with E-state index in [1.54, 1.807) is 18.3 Å². The van der Waals surface area contributed by atoms with Crippen LogP contribution >= 0.6 is 27.5 Å². The van der Waals surface area contributed by atoms with Gasteiger partial charge in [-0.3, -0.25) is 4.98 Å². The van der Waals surface area contributed by atoms with Crippen LogP contribution in [0, 0.1) is 0 Å².